The van der Waals surface area contributed by atoms with Gasteiger partial charge < -0.3 is 29.2 Å². The highest BCUT2D eigenvalue weighted by molar-refractivity contribution is 7.99. The van der Waals surface area contributed by atoms with Gasteiger partial charge in [0, 0.05) is 92.2 Å². The Kier molecular flexibility index (Phi) is 19.5. The fraction of sp³-hybridized carbons (Fsp3) is 0.200. The predicted molar refractivity (Wildman–Crippen MR) is 370 cm³/mol. The molecule has 1 aliphatic heterocycles. The van der Waals surface area contributed by atoms with Crippen LogP contribution >= 0.6 is 11.8 Å². The maximum absolute atomic E-state index is 12.4. The second-order valence-electron chi connectivity index (χ2n) is 22.0. The topological polar surface area (TPSA) is 270 Å². The molecular weight excluding hydrogens is 1200 g/mol. The summed E-state index contributed by atoms with van der Waals surface area (Å²) in [6.45, 7) is 17.6. The first-order valence-electron chi connectivity index (χ1n) is 29.8. The van der Waals surface area contributed by atoms with E-state index >= 15 is 0 Å². The highest BCUT2D eigenvalue weighted by Crippen LogP contribution is 2.35. The average Bonchev–Trinajstić information content (AvgIpc) is 1.64. The van der Waals surface area contributed by atoms with Crippen molar-refractivity contribution in [1.82, 2.24) is 70.7 Å². The van der Waals surface area contributed by atoms with Crippen molar-refractivity contribution >= 4 is 27.3 Å². The van der Waals surface area contributed by atoms with Crippen LogP contribution in [0.25, 0.3) is 109 Å². The summed E-state index contributed by atoms with van der Waals surface area (Å²) in [5.74, 6) is 3.82. The van der Waals surface area contributed by atoms with Crippen LogP contribution in [0.1, 0.15) is 69.0 Å². The van der Waals surface area contributed by atoms with Crippen LogP contribution in [-0.4, -0.2) is 112 Å². The van der Waals surface area contributed by atoms with Crippen molar-refractivity contribution in [2.45, 2.75) is 69.0 Å². The fourth-order valence-electron chi connectivity index (χ4n) is 9.67. The number of nitrogens with two attached hydrogens (primary N) is 1. The van der Waals surface area contributed by atoms with Gasteiger partial charge in [0.2, 0.25) is 17.7 Å². The van der Waals surface area contributed by atoms with Crippen LogP contribution in [0, 0.1) is 20.8 Å². The smallest absolute Gasteiger partial charge is 0.268 e. The number of nitrogens with one attached hydrogen (secondary N) is 1. The number of aryl methyl sites for hydroxylation is 3. The van der Waals surface area contributed by atoms with E-state index in [1.807, 2.05) is 143 Å². The summed E-state index contributed by atoms with van der Waals surface area (Å²) >= 11 is 1.78. The molecule has 7 heterocycles. The summed E-state index contributed by atoms with van der Waals surface area (Å²) in [7, 11) is 0.605. The van der Waals surface area contributed by atoms with Crippen LogP contribution in [0.4, 0.5) is 0 Å². The van der Waals surface area contributed by atoms with Gasteiger partial charge in [-0.25, -0.2) is 23.4 Å². The molecule has 12 aromatic rings. The first-order chi connectivity index (χ1) is 44.5. The molecule has 1 saturated heterocycles. The zero-order chi connectivity index (χ0) is 64.5. The van der Waals surface area contributed by atoms with Gasteiger partial charge in [-0.05, 0) is 112 Å². The maximum atomic E-state index is 12.4. The fourth-order valence-corrected chi connectivity index (χ4v) is 11.5. The molecule has 13 rings (SSSR count). The first kappa shape index (κ1) is 63.3. The van der Waals surface area contributed by atoms with Gasteiger partial charge >= 0.3 is 0 Å². The second-order valence-corrected chi connectivity index (χ2v) is 25.8. The normalized spacial score (nSPS) is 12.2. The second kappa shape index (κ2) is 28.3. The number of nitrogens with zero attached hydrogens (tertiary/aromatic N) is 13. The van der Waals surface area contributed by atoms with Crippen LogP contribution in [0.3, 0.4) is 0 Å². The molecule has 20 nitrogen and oxygen atoms in total. The Bertz CT molecular complexity index is 4700. The van der Waals surface area contributed by atoms with Crippen molar-refractivity contribution < 1.29 is 30.2 Å². The number of benzene rings is 6. The van der Waals surface area contributed by atoms with Gasteiger partial charge in [-0.2, -0.15) is 0 Å². The summed E-state index contributed by atoms with van der Waals surface area (Å²) < 4.78 is 42.6. The molecule has 0 aliphatic carbocycles. The molecule has 6 aromatic carbocycles. The van der Waals surface area contributed by atoms with Crippen LogP contribution in [0.2, 0.25) is 0 Å². The van der Waals surface area contributed by atoms with Crippen LogP contribution < -0.4 is 11.1 Å². The van der Waals surface area contributed by atoms with Gasteiger partial charge in [0.15, 0.2) is 9.84 Å². The number of hydrogen-bond acceptors (Lipinski definition) is 21. The lowest BCUT2D eigenvalue weighted by molar-refractivity contribution is 0.448. The van der Waals surface area contributed by atoms with Crippen molar-refractivity contribution in [2.75, 3.05) is 32.9 Å². The van der Waals surface area contributed by atoms with Gasteiger partial charge in [-0.15, -0.1) is 42.4 Å². The van der Waals surface area contributed by atoms with Gasteiger partial charge in [0.1, 0.15) is 17.1 Å². The molecule has 0 spiro atoms. The Morgan fingerprint density at radius 1 is 0.587 bits per heavy atom. The van der Waals surface area contributed by atoms with E-state index in [1.165, 1.54) is 10.5 Å². The van der Waals surface area contributed by atoms with Crippen molar-refractivity contribution in [2.24, 2.45) is 5.73 Å². The summed E-state index contributed by atoms with van der Waals surface area (Å²) in [6.07, 6.45) is 5.19. The maximum Gasteiger partial charge on any atom is 0.268 e. The molecule has 3 N–H and O–H groups in total. The van der Waals surface area contributed by atoms with E-state index in [1.54, 1.807) is 68.5 Å². The SMILES string of the molecule is C=C(c1ccc(-c2cnc(C)c(-c3nnc(-c4cccc(CN)c4)o3)n2)cc1)N(C)C.CCSc1ccccc1-c1cnc(C)c(-c2nnc(-c3ccccc3)o2)n1.Cc1ncc(-c2ccc(S(=O)(=O)C(C)C)cc2)nc1-c1nnc(-c2cccc(C3CNC3)c2)o1.[HH].[HH].[HH].[HH].[HH].[HH]. The highest BCUT2D eigenvalue weighted by atomic mass is 32.2. The van der Waals surface area contributed by atoms with Gasteiger partial charge in [0.25, 0.3) is 17.7 Å². The molecule has 0 bridgehead atoms. The standard InChI is InChI=1S/C25H25N5O3S.C24H24N6O.C21H18N4OS.6H2/c1-15(2)34(31,32)21-9-7-17(8-10-21)22-14-27-16(3)23(28-22)25-30-29-24(33-25)19-6-4-5-18(11-19)20-12-26-13-20;1-15-22(24-29-28-23(31-24)20-7-5-6-17(12-20)13-25)27-21(14-26-15)19-10-8-18(9-11-19)16(2)30(3)4;1-3-27-18-12-8-7-11-16(18)17-13-22-14(2)19(23-17)21-25-24-20(26-21)15-9-5-4-6-10-15;;;;;;/h4-11,14-15,20,26H,12-13H2,1-3H3;5-12,14H,2,13,25H2,1,3-4H3;4-13H,3H2,1-2H3;6*1H. The quantitative estimate of drug-likeness (QED) is 0.0802. The van der Waals surface area contributed by atoms with E-state index in [-0.39, 0.29) is 19.3 Å². The Morgan fingerprint density at radius 3 is 1.57 bits per heavy atom. The van der Waals surface area contributed by atoms with E-state index in [0.29, 0.717) is 76.1 Å². The predicted octanol–water partition coefficient (Wildman–Crippen LogP) is 15.0. The molecule has 6 aromatic heterocycles. The summed E-state index contributed by atoms with van der Waals surface area (Å²) in [5.41, 5.74) is 21.2. The minimum atomic E-state index is -3.34. The third kappa shape index (κ3) is 14.3. The summed E-state index contributed by atoms with van der Waals surface area (Å²) in [4.78, 5) is 31.2. The van der Waals surface area contributed by atoms with Crippen molar-refractivity contribution in [3.05, 3.63) is 211 Å². The van der Waals surface area contributed by atoms with Crippen LogP contribution in [0.5, 0.6) is 0 Å². The number of aromatic nitrogens is 12. The molecule has 92 heavy (non-hydrogen) atoms. The zero-order valence-electron chi connectivity index (χ0n) is 52.1. The minimum absolute atomic E-state index is 0. The molecule has 1 aliphatic rings. The lowest BCUT2D eigenvalue weighted by atomic mass is 9.92. The number of rotatable bonds is 17. The first-order valence-corrected chi connectivity index (χ1v) is 32.3. The lowest BCUT2D eigenvalue weighted by Crippen LogP contribution is -2.39. The molecule has 1 fully saturated rings. The summed E-state index contributed by atoms with van der Waals surface area (Å²) in [5, 5.41) is 28.0. The Morgan fingerprint density at radius 2 is 1.05 bits per heavy atom. The average molecular weight is 1270 g/mol. The molecule has 22 heteroatoms. The van der Waals surface area contributed by atoms with E-state index in [4.69, 9.17) is 33.9 Å². The molecule has 0 atom stereocenters. The summed E-state index contributed by atoms with van der Waals surface area (Å²) in [6, 6.07) is 48.5. The van der Waals surface area contributed by atoms with E-state index in [0.717, 1.165) is 86.1 Å². The van der Waals surface area contributed by atoms with Gasteiger partial charge in [0.05, 0.1) is 62.9 Å². The third-order valence-electron chi connectivity index (χ3n) is 15.2. The Hall–Kier alpha value is -10.3. The highest BCUT2D eigenvalue weighted by Gasteiger charge is 2.24. The van der Waals surface area contributed by atoms with Crippen molar-refractivity contribution in [1.29, 1.82) is 0 Å². The van der Waals surface area contributed by atoms with E-state index in [9.17, 15) is 8.42 Å². The van der Waals surface area contributed by atoms with E-state index in [2.05, 4.69) is 88.6 Å². The molecule has 0 unspecified atom stereocenters. The van der Waals surface area contributed by atoms with Crippen LogP contribution in [0.15, 0.2) is 200 Å². The largest absolute Gasteiger partial charge is 0.415 e. The van der Waals surface area contributed by atoms with Crippen molar-refractivity contribution in [3.63, 3.8) is 0 Å². The molecule has 0 radical (unpaired) electrons. The van der Waals surface area contributed by atoms with Crippen molar-refractivity contribution in [3.8, 4) is 103 Å². The number of thioether (sulfide) groups is 1. The van der Waals surface area contributed by atoms with Crippen LogP contribution in [-0.2, 0) is 16.4 Å². The Balaban J connectivity index is 0.000000259. The third-order valence-corrected chi connectivity index (χ3v) is 18.3. The lowest BCUT2D eigenvalue weighted by Gasteiger charge is -2.27. The Labute approximate surface area is 546 Å². The number of hydrogen-bond donors (Lipinski definition) is 2. The minimum Gasteiger partial charge on any atom is -0.415 e. The van der Waals surface area contributed by atoms with E-state index < -0.39 is 15.1 Å². The number of sulfone groups is 1. The molecule has 0 amide bonds. The monoisotopic (exact) mass is 1270 g/mol. The molecule has 476 valence electrons. The molecule has 0 saturated carbocycles. The zero-order valence-corrected chi connectivity index (χ0v) is 53.7. The van der Waals surface area contributed by atoms with Gasteiger partial charge in [-0.1, -0.05) is 111 Å². The molecular formula is C70H79N15O5S2. The van der Waals surface area contributed by atoms with Gasteiger partial charge in [-0.3, -0.25) is 15.0 Å².